The highest BCUT2D eigenvalue weighted by Gasteiger charge is 2.09. The number of benzene rings is 1. The second-order valence-corrected chi connectivity index (χ2v) is 4.77. The molecule has 0 aromatic heterocycles. The van der Waals surface area contributed by atoms with Crippen molar-refractivity contribution in [2.75, 3.05) is 5.09 Å². The van der Waals surface area contributed by atoms with Gasteiger partial charge in [0.25, 0.3) is 0 Å². The number of nitrogens with zero attached hydrogens (tertiary/aromatic N) is 1. The number of sulfone groups is 1. The van der Waals surface area contributed by atoms with Crippen molar-refractivity contribution in [2.24, 2.45) is 0 Å². The standard InChI is InChI=1S/C9H9N2O2PS/c10-6-1-7-15(12,13)9-4-2-8(11-14)3-5-9/h1-5,7,11H,14H2. The Labute approximate surface area is 90.8 Å². The Hall–Kier alpha value is -1.37. The van der Waals surface area contributed by atoms with E-state index in [9.17, 15) is 8.42 Å². The molecule has 0 fully saturated rings. The molecule has 1 rings (SSSR count). The maximum absolute atomic E-state index is 11.5. The minimum atomic E-state index is -3.49. The van der Waals surface area contributed by atoms with Gasteiger partial charge in [-0.3, -0.25) is 0 Å². The van der Waals surface area contributed by atoms with E-state index in [1.807, 2.05) is 0 Å². The van der Waals surface area contributed by atoms with E-state index in [4.69, 9.17) is 5.26 Å². The summed E-state index contributed by atoms with van der Waals surface area (Å²) < 4.78 is 23.1. The molecule has 0 aliphatic carbocycles. The van der Waals surface area contributed by atoms with Crippen LogP contribution in [0.1, 0.15) is 0 Å². The second-order valence-electron chi connectivity index (χ2n) is 2.65. The third-order valence-corrected chi connectivity index (χ3v) is 3.43. The summed E-state index contributed by atoms with van der Waals surface area (Å²) >= 11 is 0. The van der Waals surface area contributed by atoms with E-state index in [1.165, 1.54) is 12.1 Å². The first-order valence-corrected chi connectivity index (χ1v) is 6.10. The van der Waals surface area contributed by atoms with Gasteiger partial charge in [-0.1, -0.05) is 0 Å². The van der Waals surface area contributed by atoms with Gasteiger partial charge in [0, 0.05) is 17.2 Å². The minimum Gasteiger partial charge on any atom is -0.369 e. The molecule has 0 aliphatic heterocycles. The highest BCUT2D eigenvalue weighted by molar-refractivity contribution is 7.94. The van der Waals surface area contributed by atoms with Crippen LogP contribution in [0.3, 0.4) is 0 Å². The zero-order valence-corrected chi connectivity index (χ0v) is 9.68. The average molecular weight is 240 g/mol. The lowest BCUT2D eigenvalue weighted by molar-refractivity contribution is 0.604. The van der Waals surface area contributed by atoms with Gasteiger partial charge >= 0.3 is 0 Å². The number of anilines is 1. The third-order valence-electron chi connectivity index (χ3n) is 1.67. The summed E-state index contributed by atoms with van der Waals surface area (Å²) in [5.41, 5.74) is 0.795. The van der Waals surface area contributed by atoms with E-state index in [0.29, 0.717) is 0 Å². The van der Waals surface area contributed by atoms with Gasteiger partial charge in [0.05, 0.1) is 11.0 Å². The van der Waals surface area contributed by atoms with E-state index >= 15 is 0 Å². The summed E-state index contributed by atoms with van der Waals surface area (Å²) in [4.78, 5) is 0.165. The molecule has 6 heteroatoms. The Kier molecular flexibility index (Phi) is 3.84. The Morgan fingerprint density at radius 2 is 1.93 bits per heavy atom. The fraction of sp³-hybridized carbons (Fsp3) is 0. The lowest BCUT2D eigenvalue weighted by Gasteiger charge is -2.01. The summed E-state index contributed by atoms with van der Waals surface area (Å²) in [6.07, 6.45) is 0.942. The van der Waals surface area contributed by atoms with Crippen LogP contribution in [0.2, 0.25) is 0 Å². The number of allylic oxidation sites excluding steroid dienone is 1. The molecule has 1 N–H and O–H groups in total. The second kappa shape index (κ2) is 4.92. The van der Waals surface area contributed by atoms with Crippen LogP contribution in [0.15, 0.2) is 40.6 Å². The Morgan fingerprint density at radius 3 is 2.40 bits per heavy atom. The minimum absolute atomic E-state index is 0.165. The van der Waals surface area contributed by atoms with Gasteiger partial charge in [-0.15, -0.1) is 0 Å². The molecule has 0 radical (unpaired) electrons. The summed E-state index contributed by atoms with van der Waals surface area (Å²) in [5, 5.41) is 11.9. The molecule has 78 valence electrons. The molecular weight excluding hydrogens is 231 g/mol. The largest absolute Gasteiger partial charge is 0.369 e. The van der Waals surface area contributed by atoms with E-state index in [2.05, 4.69) is 14.5 Å². The topological polar surface area (TPSA) is 70.0 Å². The van der Waals surface area contributed by atoms with Gasteiger partial charge in [-0.2, -0.15) is 5.26 Å². The van der Waals surface area contributed by atoms with E-state index in [-0.39, 0.29) is 4.90 Å². The van der Waals surface area contributed by atoms with Crippen LogP contribution in [-0.2, 0) is 9.84 Å². The van der Waals surface area contributed by atoms with Crippen LogP contribution in [0.4, 0.5) is 5.69 Å². The molecule has 15 heavy (non-hydrogen) atoms. The van der Waals surface area contributed by atoms with Crippen molar-refractivity contribution in [3.8, 4) is 6.07 Å². The quantitative estimate of drug-likeness (QED) is 0.644. The van der Waals surface area contributed by atoms with Crippen molar-refractivity contribution >= 4 is 24.9 Å². The Morgan fingerprint density at radius 1 is 1.33 bits per heavy atom. The summed E-state index contributed by atoms with van der Waals surface area (Å²) in [5.74, 6) is 0. The molecule has 1 unspecified atom stereocenters. The molecule has 0 amide bonds. The van der Waals surface area contributed by atoms with Crippen molar-refractivity contribution in [1.29, 1.82) is 5.26 Å². The van der Waals surface area contributed by atoms with Crippen LogP contribution in [0, 0.1) is 11.3 Å². The number of nitriles is 1. The van der Waals surface area contributed by atoms with Crippen molar-refractivity contribution < 1.29 is 8.42 Å². The SMILES string of the molecule is N#CC=CS(=O)(=O)c1ccc(NP)cc1. The smallest absolute Gasteiger partial charge is 0.200 e. The molecule has 0 spiro atoms. The molecule has 0 aliphatic rings. The van der Waals surface area contributed by atoms with E-state index in [0.717, 1.165) is 17.2 Å². The average Bonchev–Trinajstić information content (AvgIpc) is 2.26. The fourth-order valence-electron chi connectivity index (χ4n) is 0.939. The van der Waals surface area contributed by atoms with Crippen LogP contribution < -0.4 is 5.09 Å². The molecule has 0 bridgehead atoms. The van der Waals surface area contributed by atoms with Gasteiger partial charge in [0.1, 0.15) is 0 Å². The molecular formula is C9H9N2O2PS. The van der Waals surface area contributed by atoms with Crippen molar-refractivity contribution in [2.45, 2.75) is 4.90 Å². The van der Waals surface area contributed by atoms with Crippen LogP contribution in [0.5, 0.6) is 0 Å². The maximum atomic E-state index is 11.5. The van der Waals surface area contributed by atoms with Crippen molar-refractivity contribution in [3.63, 3.8) is 0 Å². The molecule has 0 saturated heterocycles. The maximum Gasteiger partial charge on any atom is 0.200 e. The van der Waals surface area contributed by atoms with Gasteiger partial charge in [0.2, 0.25) is 9.84 Å². The Balaban J connectivity index is 3.07. The summed E-state index contributed by atoms with van der Waals surface area (Å²) in [6.45, 7) is 0. The summed E-state index contributed by atoms with van der Waals surface area (Å²) in [6, 6.07) is 7.87. The monoisotopic (exact) mass is 240 g/mol. The third kappa shape index (κ3) is 3.05. The molecule has 4 nitrogen and oxygen atoms in total. The number of nitrogens with one attached hydrogen (secondary N) is 1. The first-order chi connectivity index (χ1) is 7.10. The number of hydrogen-bond acceptors (Lipinski definition) is 4. The van der Waals surface area contributed by atoms with E-state index in [1.54, 1.807) is 18.2 Å². The van der Waals surface area contributed by atoms with Gasteiger partial charge in [-0.25, -0.2) is 8.42 Å². The van der Waals surface area contributed by atoms with Crippen LogP contribution >= 0.6 is 9.39 Å². The molecule has 1 aromatic rings. The zero-order chi connectivity index (χ0) is 11.3. The van der Waals surface area contributed by atoms with Crippen LogP contribution in [-0.4, -0.2) is 8.42 Å². The van der Waals surface area contributed by atoms with Crippen molar-refractivity contribution in [1.82, 2.24) is 0 Å². The van der Waals surface area contributed by atoms with E-state index < -0.39 is 9.84 Å². The first-order valence-electron chi connectivity index (χ1n) is 3.98. The highest BCUT2D eigenvalue weighted by Crippen LogP contribution is 2.16. The predicted molar refractivity (Wildman–Crippen MR) is 61.7 cm³/mol. The molecule has 1 aromatic carbocycles. The lowest BCUT2D eigenvalue weighted by atomic mass is 10.3. The molecule has 0 heterocycles. The highest BCUT2D eigenvalue weighted by atomic mass is 32.2. The number of hydrogen-bond donors (Lipinski definition) is 1. The van der Waals surface area contributed by atoms with Gasteiger partial charge < -0.3 is 5.09 Å². The number of rotatable bonds is 3. The zero-order valence-electron chi connectivity index (χ0n) is 7.71. The lowest BCUT2D eigenvalue weighted by Crippen LogP contribution is -1.95. The summed E-state index contributed by atoms with van der Waals surface area (Å²) in [7, 11) is -1.17. The van der Waals surface area contributed by atoms with Crippen molar-refractivity contribution in [3.05, 3.63) is 35.7 Å². The van der Waals surface area contributed by atoms with Crippen LogP contribution in [0.25, 0.3) is 0 Å². The van der Waals surface area contributed by atoms with Gasteiger partial charge in [0.15, 0.2) is 0 Å². The fourth-order valence-corrected chi connectivity index (χ4v) is 2.04. The Bertz CT molecular complexity index is 500. The normalized spacial score (nSPS) is 11.2. The predicted octanol–water partition coefficient (Wildman–Crippen LogP) is 1.70. The molecule has 1 atom stereocenters. The first kappa shape index (κ1) is 11.7. The molecule has 0 saturated carbocycles. The van der Waals surface area contributed by atoms with Gasteiger partial charge in [-0.05, 0) is 33.7 Å².